The van der Waals surface area contributed by atoms with Crippen LogP contribution >= 0.6 is 0 Å². The van der Waals surface area contributed by atoms with E-state index < -0.39 is 0 Å². The van der Waals surface area contributed by atoms with Crippen molar-refractivity contribution < 1.29 is 14.3 Å². The van der Waals surface area contributed by atoms with Gasteiger partial charge in [0.2, 0.25) is 0 Å². The van der Waals surface area contributed by atoms with Crippen molar-refractivity contribution in [3.05, 3.63) is 107 Å². The maximum atomic E-state index is 14.0. The number of amides is 1. The van der Waals surface area contributed by atoms with Gasteiger partial charge in [-0.15, -0.1) is 0 Å². The second kappa shape index (κ2) is 16.7. The van der Waals surface area contributed by atoms with E-state index >= 15 is 0 Å². The Morgan fingerprint density at radius 2 is 1.76 bits per heavy atom. The van der Waals surface area contributed by atoms with Gasteiger partial charge in [-0.05, 0) is 55.3 Å². The molecular formula is C38H41N7O4. The molecule has 2 aromatic carbocycles. The molecule has 0 atom stereocenters. The Morgan fingerprint density at radius 3 is 2.43 bits per heavy atom. The monoisotopic (exact) mass is 659 g/mol. The smallest absolute Gasteiger partial charge is 0.280 e. The lowest BCUT2D eigenvalue weighted by atomic mass is 9.99. The largest absolute Gasteiger partial charge is 0.493 e. The maximum Gasteiger partial charge on any atom is 0.280 e. The molecule has 0 saturated heterocycles. The highest BCUT2D eigenvalue weighted by molar-refractivity contribution is 6.20. The van der Waals surface area contributed by atoms with Gasteiger partial charge in [-0.3, -0.25) is 19.6 Å². The number of aromatic nitrogens is 3. The molecule has 5 rings (SSSR count). The van der Waals surface area contributed by atoms with Crippen molar-refractivity contribution >= 4 is 46.3 Å². The number of benzene rings is 2. The first-order chi connectivity index (χ1) is 23.8. The van der Waals surface area contributed by atoms with Crippen molar-refractivity contribution in [2.24, 2.45) is 15.1 Å². The minimum absolute atomic E-state index is 0.262. The molecule has 1 aliphatic heterocycles. The highest BCUT2D eigenvalue weighted by Crippen LogP contribution is 2.36. The summed E-state index contributed by atoms with van der Waals surface area (Å²) in [7, 11) is 4.70. The fourth-order valence-corrected chi connectivity index (χ4v) is 5.16. The number of anilines is 1. The molecule has 11 nitrogen and oxygen atoms in total. The summed E-state index contributed by atoms with van der Waals surface area (Å²) in [4.78, 5) is 40.7. The molecule has 0 fully saturated rings. The van der Waals surface area contributed by atoms with Gasteiger partial charge in [-0.1, -0.05) is 51.6 Å². The van der Waals surface area contributed by atoms with Crippen LogP contribution in [0.4, 0.5) is 5.82 Å². The van der Waals surface area contributed by atoms with E-state index in [0.29, 0.717) is 68.9 Å². The Bertz CT molecular complexity index is 2070. The molecule has 252 valence electrons. The van der Waals surface area contributed by atoms with Crippen molar-refractivity contribution in [1.29, 1.82) is 0 Å². The summed E-state index contributed by atoms with van der Waals surface area (Å²) >= 11 is 0. The molecular weight excluding hydrogens is 618 g/mol. The second-order valence-corrected chi connectivity index (χ2v) is 10.4. The fraction of sp³-hybridized carbons (Fsp3) is 0.237. The van der Waals surface area contributed by atoms with Gasteiger partial charge in [-0.2, -0.15) is 15.2 Å². The number of pyridine rings is 1. The van der Waals surface area contributed by atoms with Gasteiger partial charge in [0.1, 0.15) is 0 Å². The molecule has 0 bridgehead atoms. The van der Waals surface area contributed by atoms with Crippen LogP contribution in [0, 0.1) is 0 Å². The number of rotatable bonds is 10. The zero-order valence-electron chi connectivity index (χ0n) is 29.0. The van der Waals surface area contributed by atoms with Crippen molar-refractivity contribution in [3.8, 4) is 22.8 Å². The number of hydrogen-bond acceptors (Lipinski definition) is 9. The van der Waals surface area contributed by atoms with Crippen LogP contribution in [0.3, 0.4) is 0 Å². The van der Waals surface area contributed by atoms with Crippen LogP contribution < -0.4 is 20.0 Å². The molecule has 4 aromatic rings. The number of aliphatic imine (C=N–C) groups is 2. The van der Waals surface area contributed by atoms with Crippen LogP contribution in [0.2, 0.25) is 0 Å². The Kier molecular flexibility index (Phi) is 12.3. The molecule has 49 heavy (non-hydrogen) atoms. The van der Waals surface area contributed by atoms with Crippen LogP contribution in [0.1, 0.15) is 50.0 Å². The van der Waals surface area contributed by atoms with Gasteiger partial charge in [0, 0.05) is 66.1 Å². The molecule has 3 heterocycles. The van der Waals surface area contributed by atoms with Gasteiger partial charge < -0.3 is 9.47 Å². The Labute approximate surface area is 286 Å². The van der Waals surface area contributed by atoms with E-state index in [1.54, 1.807) is 68.3 Å². The molecule has 0 saturated carbocycles. The third-order valence-corrected chi connectivity index (χ3v) is 7.54. The molecule has 0 unspecified atom stereocenters. The van der Waals surface area contributed by atoms with E-state index in [9.17, 15) is 9.59 Å². The highest BCUT2D eigenvalue weighted by Gasteiger charge is 2.27. The Hall–Kier alpha value is -5.97. The van der Waals surface area contributed by atoms with Gasteiger partial charge >= 0.3 is 0 Å². The van der Waals surface area contributed by atoms with E-state index in [0.717, 1.165) is 5.56 Å². The summed E-state index contributed by atoms with van der Waals surface area (Å²) in [5.74, 6) is 0.757. The average Bonchev–Trinajstić information content (AvgIpc) is 3.29. The fourth-order valence-electron chi connectivity index (χ4n) is 5.16. The van der Waals surface area contributed by atoms with E-state index in [1.165, 1.54) is 23.9 Å². The summed E-state index contributed by atoms with van der Waals surface area (Å²) in [6, 6.07) is 14.2. The zero-order chi connectivity index (χ0) is 35.5. The van der Waals surface area contributed by atoms with Crippen molar-refractivity contribution in [3.63, 3.8) is 0 Å². The third kappa shape index (κ3) is 7.62. The number of carbonyl (C=O) groups is 1. The van der Waals surface area contributed by atoms with E-state index in [-0.39, 0.29) is 17.3 Å². The lowest BCUT2D eigenvalue weighted by Gasteiger charge is -2.18. The number of nitrogens with zero attached hydrogens (tertiary/aromatic N) is 7. The molecule has 1 aliphatic rings. The molecule has 0 aliphatic carbocycles. The maximum absolute atomic E-state index is 14.0. The number of fused-ring (bicyclic) bond motifs is 2. The Balaban J connectivity index is 0.00000265. The predicted octanol–water partition coefficient (Wildman–Crippen LogP) is 7.17. The minimum atomic E-state index is -0.345. The van der Waals surface area contributed by atoms with Crippen LogP contribution in [0.5, 0.6) is 11.5 Å². The molecule has 11 heteroatoms. The first-order valence-electron chi connectivity index (χ1n) is 16.0. The molecule has 0 spiro atoms. The van der Waals surface area contributed by atoms with E-state index in [1.807, 2.05) is 52.0 Å². The second-order valence-electron chi connectivity index (χ2n) is 10.4. The number of hydrazone groups is 1. The first kappa shape index (κ1) is 35.9. The minimum Gasteiger partial charge on any atom is -0.493 e. The Morgan fingerprint density at radius 1 is 1.04 bits per heavy atom. The zero-order valence-corrected chi connectivity index (χ0v) is 29.0. The van der Waals surface area contributed by atoms with Gasteiger partial charge in [0.05, 0.1) is 31.0 Å². The molecule has 2 aromatic heterocycles. The van der Waals surface area contributed by atoms with Gasteiger partial charge in [0.25, 0.3) is 11.5 Å². The quantitative estimate of drug-likeness (QED) is 0.166. The SMILES string of the molecule is C=C(C=N/C=C\C)C1=NN(c2cc(-c3nn(/C(=C/C=NC)CC)c(=O)c4cc(OC)c(OC)cc34)ccn2)C(=O)c2ccccc2C1.CC. The lowest BCUT2D eigenvalue weighted by molar-refractivity contribution is 0.0987. The van der Waals surface area contributed by atoms with Crippen molar-refractivity contribution in [2.45, 2.75) is 40.5 Å². The van der Waals surface area contributed by atoms with Crippen LogP contribution in [-0.4, -0.2) is 60.1 Å². The summed E-state index contributed by atoms with van der Waals surface area (Å²) in [6.07, 6.45) is 10.9. The van der Waals surface area contributed by atoms with Crippen molar-refractivity contribution in [1.82, 2.24) is 14.8 Å². The summed E-state index contributed by atoms with van der Waals surface area (Å²) in [6.45, 7) is 12.0. The normalized spacial score (nSPS) is 13.4. The number of allylic oxidation sites excluding steroid dienone is 4. The van der Waals surface area contributed by atoms with E-state index in [2.05, 4.69) is 21.5 Å². The van der Waals surface area contributed by atoms with E-state index in [4.69, 9.17) is 19.7 Å². The van der Waals surface area contributed by atoms with Crippen LogP contribution in [-0.2, 0) is 6.42 Å². The first-order valence-corrected chi connectivity index (χ1v) is 16.0. The number of methoxy groups -OCH3 is 2. The standard InChI is InChI=1S/C36H35N7O4.C2H6/c1-7-15-38-22-23(3)30-18-24-11-9-10-12-27(24)35(44)43(40-30)33-19-25(13-17-39-33)34-28-20-31(46-5)32(47-6)21-29(28)36(45)42(41-34)26(8-2)14-16-37-4;1-2/h7,9-17,19-22H,3,8,18H2,1-2,4-6H3;1-2H3/b15-7-,26-14+,37-16?,38-22?;. The summed E-state index contributed by atoms with van der Waals surface area (Å²) < 4.78 is 12.5. The average molecular weight is 660 g/mol. The topological polar surface area (TPSA) is 124 Å². The van der Waals surface area contributed by atoms with Gasteiger partial charge in [-0.25, -0.2) is 9.67 Å². The number of carbonyl (C=O) groups excluding carboxylic acids is 1. The summed E-state index contributed by atoms with van der Waals surface area (Å²) in [5.41, 5.74) is 3.80. The predicted molar refractivity (Wildman–Crippen MR) is 200 cm³/mol. The van der Waals surface area contributed by atoms with Crippen molar-refractivity contribution in [2.75, 3.05) is 26.3 Å². The summed E-state index contributed by atoms with van der Waals surface area (Å²) in [5, 5.41) is 11.8. The number of ether oxygens (including phenoxy) is 2. The highest BCUT2D eigenvalue weighted by atomic mass is 16.5. The van der Waals surface area contributed by atoms with Gasteiger partial charge in [0.15, 0.2) is 17.3 Å². The third-order valence-electron chi connectivity index (χ3n) is 7.54. The molecule has 0 N–H and O–H groups in total. The molecule has 0 radical (unpaired) electrons. The van der Waals surface area contributed by atoms with Crippen LogP contribution in [0.15, 0.2) is 105 Å². The molecule has 1 amide bonds. The van der Waals surface area contributed by atoms with Crippen LogP contribution in [0.25, 0.3) is 27.7 Å². The lowest BCUT2D eigenvalue weighted by Crippen LogP contribution is -2.27. The number of hydrogen-bond donors (Lipinski definition) is 0.